The van der Waals surface area contributed by atoms with E-state index in [-0.39, 0.29) is 12.6 Å². The minimum atomic E-state index is -3.63. The normalized spacial score (nSPS) is 28.7. The third-order valence-corrected chi connectivity index (χ3v) is 6.24. The maximum Gasteiger partial charge on any atom is 0.282 e. The molecule has 0 aromatic heterocycles. The van der Waals surface area contributed by atoms with Crippen LogP contribution in [0.25, 0.3) is 0 Å². The highest BCUT2D eigenvalue weighted by molar-refractivity contribution is 7.86. The van der Waals surface area contributed by atoms with Crippen molar-refractivity contribution in [1.29, 1.82) is 0 Å². The standard InChI is InChI=1S/C13H26N4O3S/c1-11-4-3-7-16(9-11)21(19,20)17(10-13(14)18)12-5-2-6-15-8-12/h11-12,15H,2-10H2,1H3,(H2,14,18). The van der Waals surface area contributed by atoms with Crippen LogP contribution in [0, 0.1) is 5.92 Å². The zero-order valence-corrected chi connectivity index (χ0v) is 13.4. The molecule has 2 fully saturated rings. The Kier molecular flexibility index (Phi) is 5.59. The Balaban J connectivity index is 2.18. The molecule has 2 heterocycles. The second-order valence-electron chi connectivity index (χ2n) is 6.12. The smallest absolute Gasteiger partial charge is 0.282 e. The van der Waals surface area contributed by atoms with Crippen LogP contribution < -0.4 is 11.1 Å². The third kappa shape index (κ3) is 4.15. The summed E-state index contributed by atoms with van der Waals surface area (Å²) in [4.78, 5) is 11.3. The molecule has 122 valence electrons. The van der Waals surface area contributed by atoms with Crippen LogP contribution in [0.15, 0.2) is 0 Å². The molecule has 2 unspecified atom stereocenters. The Hall–Kier alpha value is -0.700. The van der Waals surface area contributed by atoms with Gasteiger partial charge in [-0.3, -0.25) is 4.79 Å². The lowest BCUT2D eigenvalue weighted by Gasteiger charge is -2.38. The molecule has 2 aliphatic rings. The summed E-state index contributed by atoms with van der Waals surface area (Å²) >= 11 is 0. The first-order valence-corrected chi connectivity index (χ1v) is 9.07. The first kappa shape index (κ1) is 16.7. The molecule has 3 N–H and O–H groups in total. The largest absolute Gasteiger partial charge is 0.369 e. The number of hydrogen-bond acceptors (Lipinski definition) is 4. The van der Waals surface area contributed by atoms with Crippen LogP contribution in [0.3, 0.4) is 0 Å². The molecule has 21 heavy (non-hydrogen) atoms. The Morgan fingerprint density at radius 3 is 2.71 bits per heavy atom. The molecule has 0 saturated carbocycles. The number of nitrogens with one attached hydrogen (secondary N) is 1. The SMILES string of the molecule is CC1CCCN(S(=O)(=O)N(CC(N)=O)C2CCCNC2)C1. The molecule has 2 atom stereocenters. The van der Waals surface area contributed by atoms with Crippen LogP contribution in [0.5, 0.6) is 0 Å². The number of carbonyl (C=O) groups is 1. The minimum Gasteiger partial charge on any atom is -0.369 e. The van der Waals surface area contributed by atoms with Gasteiger partial charge in [0.05, 0.1) is 6.54 Å². The molecular weight excluding hydrogens is 292 g/mol. The van der Waals surface area contributed by atoms with Gasteiger partial charge in [-0.05, 0) is 38.1 Å². The predicted octanol–water partition coefficient (Wildman–Crippen LogP) is -0.498. The van der Waals surface area contributed by atoms with Crippen molar-refractivity contribution in [3.63, 3.8) is 0 Å². The molecule has 7 nitrogen and oxygen atoms in total. The third-order valence-electron chi connectivity index (χ3n) is 4.23. The highest BCUT2D eigenvalue weighted by Gasteiger charge is 2.37. The molecular formula is C13H26N4O3S. The maximum atomic E-state index is 12.9. The van der Waals surface area contributed by atoms with E-state index >= 15 is 0 Å². The van der Waals surface area contributed by atoms with Gasteiger partial charge in [-0.15, -0.1) is 0 Å². The van der Waals surface area contributed by atoms with E-state index in [1.807, 2.05) is 0 Å². The van der Waals surface area contributed by atoms with E-state index in [2.05, 4.69) is 12.2 Å². The molecule has 0 aromatic carbocycles. The van der Waals surface area contributed by atoms with Gasteiger partial charge in [0, 0.05) is 25.7 Å². The van der Waals surface area contributed by atoms with Crippen molar-refractivity contribution in [2.75, 3.05) is 32.7 Å². The minimum absolute atomic E-state index is 0.187. The highest BCUT2D eigenvalue weighted by Crippen LogP contribution is 2.23. The molecule has 2 rings (SSSR count). The molecule has 2 aliphatic heterocycles. The molecule has 0 spiro atoms. The fraction of sp³-hybridized carbons (Fsp3) is 0.923. The summed E-state index contributed by atoms with van der Waals surface area (Å²) in [5.41, 5.74) is 5.27. The van der Waals surface area contributed by atoms with Crippen LogP contribution in [0.2, 0.25) is 0 Å². The molecule has 0 aromatic rings. The molecule has 8 heteroatoms. The summed E-state index contributed by atoms with van der Waals surface area (Å²) in [7, 11) is -3.63. The van der Waals surface area contributed by atoms with Crippen molar-refractivity contribution >= 4 is 16.1 Å². The lowest BCUT2D eigenvalue weighted by molar-refractivity contribution is -0.118. The number of nitrogens with two attached hydrogens (primary N) is 1. The van der Waals surface area contributed by atoms with Gasteiger partial charge < -0.3 is 11.1 Å². The maximum absolute atomic E-state index is 12.9. The molecule has 0 radical (unpaired) electrons. The molecule has 0 bridgehead atoms. The zero-order chi connectivity index (χ0) is 15.5. The van der Waals surface area contributed by atoms with Gasteiger partial charge in [0.1, 0.15) is 0 Å². The van der Waals surface area contributed by atoms with Gasteiger partial charge in [-0.25, -0.2) is 0 Å². The Morgan fingerprint density at radius 2 is 2.14 bits per heavy atom. The van der Waals surface area contributed by atoms with E-state index in [0.717, 1.165) is 32.2 Å². The first-order chi connectivity index (χ1) is 9.91. The number of hydrogen-bond donors (Lipinski definition) is 2. The van der Waals surface area contributed by atoms with E-state index in [9.17, 15) is 13.2 Å². The van der Waals surface area contributed by atoms with E-state index in [0.29, 0.717) is 25.6 Å². The summed E-state index contributed by atoms with van der Waals surface area (Å²) in [5.74, 6) is -0.248. The van der Waals surface area contributed by atoms with Crippen LogP contribution in [-0.4, -0.2) is 61.7 Å². The van der Waals surface area contributed by atoms with Gasteiger partial charge >= 0.3 is 0 Å². The molecule has 2 saturated heterocycles. The lowest BCUT2D eigenvalue weighted by atomic mass is 10.0. The van der Waals surface area contributed by atoms with Crippen molar-refractivity contribution in [2.45, 2.75) is 38.6 Å². The Bertz CT molecular complexity index is 462. The quantitative estimate of drug-likeness (QED) is 0.714. The Labute approximate surface area is 127 Å². The van der Waals surface area contributed by atoms with Crippen LogP contribution in [0.4, 0.5) is 0 Å². The van der Waals surface area contributed by atoms with Crippen molar-refractivity contribution in [2.24, 2.45) is 11.7 Å². The fourth-order valence-electron chi connectivity index (χ4n) is 3.14. The summed E-state index contributed by atoms with van der Waals surface area (Å²) in [6.45, 7) is 4.35. The monoisotopic (exact) mass is 318 g/mol. The van der Waals surface area contributed by atoms with Gasteiger partial charge in [0.25, 0.3) is 10.2 Å². The van der Waals surface area contributed by atoms with Crippen molar-refractivity contribution in [3.8, 4) is 0 Å². The number of primary amides is 1. The summed E-state index contributed by atoms with van der Waals surface area (Å²) in [6.07, 6.45) is 3.59. The van der Waals surface area contributed by atoms with Crippen molar-refractivity contribution in [3.05, 3.63) is 0 Å². The highest BCUT2D eigenvalue weighted by atomic mass is 32.2. The number of piperidine rings is 2. The van der Waals surface area contributed by atoms with Gasteiger partial charge in [-0.2, -0.15) is 17.0 Å². The average Bonchev–Trinajstić information content (AvgIpc) is 2.45. The lowest BCUT2D eigenvalue weighted by Crippen LogP contribution is -2.56. The summed E-state index contributed by atoms with van der Waals surface area (Å²) in [6, 6.07) is -0.187. The Morgan fingerprint density at radius 1 is 1.38 bits per heavy atom. The molecule has 1 amide bonds. The van der Waals surface area contributed by atoms with Crippen LogP contribution in [-0.2, 0) is 15.0 Å². The second kappa shape index (κ2) is 7.04. The predicted molar refractivity (Wildman–Crippen MR) is 80.7 cm³/mol. The van der Waals surface area contributed by atoms with E-state index in [4.69, 9.17) is 5.73 Å². The first-order valence-electron chi connectivity index (χ1n) is 7.67. The van der Waals surface area contributed by atoms with Crippen molar-refractivity contribution < 1.29 is 13.2 Å². The second-order valence-corrected chi connectivity index (χ2v) is 8.01. The zero-order valence-electron chi connectivity index (χ0n) is 12.6. The number of amides is 1. The van der Waals surface area contributed by atoms with Crippen molar-refractivity contribution in [1.82, 2.24) is 13.9 Å². The van der Waals surface area contributed by atoms with Crippen LogP contribution >= 0.6 is 0 Å². The van der Waals surface area contributed by atoms with Crippen LogP contribution in [0.1, 0.15) is 32.6 Å². The topological polar surface area (TPSA) is 95.7 Å². The molecule has 0 aliphatic carbocycles. The van der Waals surface area contributed by atoms with E-state index in [1.54, 1.807) is 0 Å². The van der Waals surface area contributed by atoms with Gasteiger partial charge in [-0.1, -0.05) is 6.92 Å². The summed E-state index contributed by atoms with van der Waals surface area (Å²) < 4.78 is 28.6. The average molecular weight is 318 g/mol. The van der Waals surface area contributed by atoms with Gasteiger partial charge in [0.15, 0.2) is 0 Å². The number of rotatable bonds is 5. The van der Waals surface area contributed by atoms with E-state index in [1.165, 1.54) is 8.61 Å². The number of nitrogens with zero attached hydrogens (tertiary/aromatic N) is 2. The summed E-state index contributed by atoms with van der Waals surface area (Å²) in [5, 5.41) is 3.20. The van der Waals surface area contributed by atoms with E-state index < -0.39 is 16.1 Å². The van der Waals surface area contributed by atoms with Gasteiger partial charge in [0.2, 0.25) is 5.91 Å². The fourth-order valence-corrected chi connectivity index (χ4v) is 5.08. The number of carbonyl (C=O) groups excluding carboxylic acids is 1.